The Balaban J connectivity index is 1.80. The van der Waals surface area contributed by atoms with Gasteiger partial charge in [0.1, 0.15) is 17.3 Å². The van der Waals surface area contributed by atoms with E-state index in [4.69, 9.17) is 23.2 Å². The van der Waals surface area contributed by atoms with E-state index >= 15 is 0 Å². The van der Waals surface area contributed by atoms with Crippen molar-refractivity contribution in [1.82, 2.24) is 9.97 Å². The Bertz CT molecular complexity index is 740. The third-order valence-corrected chi connectivity index (χ3v) is 4.61. The minimum atomic E-state index is -0.370. The fourth-order valence-corrected chi connectivity index (χ4v) is 3.32. The molecule has 0 unspecified atom stereocenters. The molecule has 1 aromatic carbocycles. The second kappa shape index (κ2) is 7.36. The molecule has 2 N–H and O–H groups in total. The van der Waals surface area contributed by atoms with Crippen LogP contribution in [-0.2, 0) is 0 Å². The average Bonchev–Trinajstić information content (AvgIpc) is 3.03. The van der Waals surface area contributed by atoms with E-state index in [1.54, 1.807) is 31.2 Å². The molecule has 2 aromatic rings. The minimum Gasteiger partial charge on any atom is -0.367 e. The standard InChI is InChI=1S/C17H18Cl2N4O/c1-10-20-14(9-15(21-10)22-11-5-2-3-6-11)17(24)23-16-12(18)7-4-8-13(16)19/h4,7-9,11H,2-3,5-6H2,1H3,(H,23,24)(H,20,21,22). The number of hydrogen-bond donors (Lipinski definition) is 2. The Labute approximate surface area is 150 Å². The van der Waals surface area contributed by atoms with Crippen molar-refractivity contribution in [1.29, 1.82) is 0 Å². The Morgan fingerprint density at radius 2 is 1.83 bits per heavy atom. The van der Waals surface area contributed by atoms with Crippen LogP contribution in [0.25, 0.3) is 0 Å². The van der Waals surface area contributed by atoms with Crippen molar-refractivity contribution in [2.24, 2.45) is 0 Å². The summed E-state index contributed by atoms with van der Waals surface area (Å²) in [5, 5.41) is 6.86. The molecule has 24 heavy (non-hydrogen) atoms. The van der Waals surface area contributed by atoms with Gasteiger partial charge < -0.3 is 10.6 Å². The molecule has 1 heterocycles. The summed E-state index contributed by atoms with van der Waals surface area (Å²) in [5.41, 5.74) is 0.659. The van der Waals surface area contributed by atoms with Crippen LogP contribution in [0.2, 0.25) is 10.0 Å². The molecule has 0 aliphatic heterocycles. The van der Waals surface area contributed by atoms with Gasteiger partial charge >= 0.3 is 0 Å². The maximum atomic E-state index is 12.5. The Morgan fingerprint density at radius 1 is 1.17 bits per heavy atom. The third kappa shape index (κ3) is 3.97. The molecular formula is C17H18Cl2N4O. The molecule has 126 valence electrons. The Kier molecular flexibility index (Phi) is 5.21. The number of aromatic nitrogens is 2. The summed E-state index contributed by atoms with van der Waals surface area (Å²) in [4.78, 5) is 21.1. The van der Waals surface area contributed by atoms with Crippen LogP contribution in [0.15, 0.2) is 24.3 Å². The van der Waals surface area contributed by atoms with Crippen LogP contribution >= 0.6 is 23.2 Å². The number of aryl methyl sites for hydroxylation is 1. The maximum absolute atomic E-state index is 12.5. The van der Waals surface area contributed by atoms with E-state index in [9.17, 15) is 4.79 Å². The van der Waals surface area contributed by atoms with Crippen molar-refractivity contribution in [3.63, 3.8) is 0 Å². The first-order chi connectivity index (χ1) is 11.5. The molecule has 0 spiro atoms. The number of rotatable bonds is 4. The van der Waals surface area contributed by atoms with E-state index in [-0.39, 0.29) is 11.6 Å². The second-order valence-corrected chi connectivity index (χ2v) is 6.68. The largest absolute Gasteiger partial charge is 0.367 e. The quantitative estimate of drug-likeness (QED) is 0.824. The van der Waals surface area contributed by atoms with Crippen LogP contribution in [0.1, 0.15) is 42.0 Å². The topological polar surface area (TPSA) is 66.9 Å². The smallest absolute Gasteiger partial charge is 0.274 e. The number of nitrogens with zero attached hydrogens (tertiary/aromatic N) is 2. The fraction of sp³-hybridized carbons (Fsp3) is 0.353. The van der Waals surface area contributed by atoms with Gasteiger partial charge in [0.15, 0.2) is 0 Å². The number of carbonyl (C=O) groups excluding carboxylic acids is 1. The molecule has 1 saturated carbocycles. The number of anilines is 2. The Morgan fingerprint density at radius 3 is 2.50 bits per heavy atom. The van der Waals surface area contributed by atoms with Gasteiger partial charge in [-0.25, -0.2) is 9.97 Å². The first-order valence-corrected chi connectivity index (χ1v) is 8.66. The van der Waals surface area contributed by atoms with E-state index in [1.165, 1.54) is 12.8 Å². The highest BCUT2D eigenvalue weighted by atomic mass is 35.5. The van der Waals surface area contributed by atoms with E-state index in [0.29, 0.717) is 33.4 Å². The molecule has 0 bridgehead atoms. The van der Waals surface area contributed by atoms with Gasteiger partial charge in [-0.15, -0.1) is 0 Å². The van der Waals surface area contributed by atoms with Gasteiger partial charge in [-0.2, -0.15) is 0 Å². The lowest BCUT2D eigenvalue weighted by molar-refractivity contribution is 0.102. The van der Waals surface area contributed by atoms with Crippen LogP contribution in [0.5, 0.6) is 0 Å². The number of hydrogen-bond acceptors (Lipinski definition) is 4. The van der Waals surface area contributed by atoms with E-state index in [2.05, 4.69) is 20.6 Å². The summed E-state index contributed by atoms with van der Waals surface area (Å²) in [6.07, 6.45) is 4.69. The molecule has 0 radical (unpaired) electrons. The van der Waals surface area contributed by atoms with Crippen molar-refractivity contribution >= 4 is 40.6 Å². The summed E-state index contributed by atoms with van der Waals surface area (Å²) >= 11 is 12.2. The highest BCUT2D eigenvalue weighted by Crippen LogP contribution is 2.30. The summed E-state index contributed by atoms with van der Waals surface area (Å²) in [6.45, 7) is 1.76. The first-order valence-electron chi connectivity index (χ1n) is 7.90. The molecule has 0 atom stereocenters. The number of halogens is 2. The van der Waals surface area contributed by atoms with Crippen molar-refractivity contribution in [2.75, 3.05) is 10.6 Å². The lowest BCUT2D eigenvalue weighted by Gasteiger charge is -2.14. The Hall–Kier alpha value is -1.85. The van der Waals surface area contributed by atoms with Crippen molar-refractivity contribution < 1.29 is 4.79 Å². The van der Waals surface area contributed by atoms with Gasteiger partial charge in [0, 0.05) is 12.1 Å². The van der Waals surface area contributed by atoms with Gasteiger partial charge in [0.2, 0.25) is 0 Å². The number of para-hydroxylation sites is 1. The zero-order valence-electron chi connectivity index (χ0n) is 13.3. The summed E-state index contributed by atoms with van der Waals surface area (Å²) in [5.74, 6) is 0.836. The number of benzene rings is 1. The molecule has 1 amide bonds. The highest BCUT2D eigenvalue weighted by Gasteiger charge is 2.18. The minimum absolute atomic E-state index is 0.277. The van der Waals surface area contributed by atoms with Crippen molar-refractivity contribution in [2.45, 2.75) is 38.6 Å². The zero-order chi connectivity index (χ0) is 17.1. The van der Waals surface area contributed by atoms with Crippen LogP contribution in [0.4, 0.5) is 11.5 Å². The zero-order valence-corrected chi connectivity index (χ0v) is 14.8. The van der Waals surface area contributed by atoms with Crippen LogP contribution in [0.3, 0.4) is 0 Å². The van der Waals surface area contributed by atoms with Crippen molar-refractivity contribution in [3.8, 4) is 0 Å². The van der Waals surface area contributed by atoms with Gasteiger partial charge in [-0.05, 0) is 31.9 Å². The van der Waals surface area contributed by atoms with Crippen LogP contribution < -0.4 is 10.6 Å². The predicted molar refractivity (Wildman–Crippen MR) is 97.1 cm³/mol. The SMILES string of the molecule is Cc1nc(NC2CCCC2)cc(C(=O)Nc2c(Cl)cccc2Cl)n1. The fourth-order valence-electron chi connectivity index (χ4n) is 2.83. The normalized spacial score (nSPS) is 14.6. The molecule has 3 rings (SSSR count). The van der Waals surface area contributed by atoms with Crippen LogP contribution in [-0.4, -0.2) is 21.9 Å². The van der Waals surface area contributed by atoms with Crippen LogP contribution in [0, 0.1) is 6.92 Å². The first kappa shape index (κ1) is 17.0. The lowest BCUT2D eigenvalue weighted by Crippen LogP contribution is -2.19. The molecule has 1 aliphatic carbocycles. The molecule has 0 saturated heterocycles. The highest BCUT2D eigenvalue weighted by molar-refractivity contribution is 6.40. The molecule has 5 nitrogen and oxygen atoms in total. The molecule has 1 fully saturated rings. The monoisotopic (exact) mass is 364 g/mol. The molecule has 1 aromatic heterocycles. The number of amides is 1. The van der Waals surface area contributed by atoms with Gasteiger partial charge in [0.25, 0.3) is 5.91 Å². The number of carbonyl (C=O) groups is 1. The summed E-state index contributed by atoms with van der Waals surface area (Å²) in [7, 11) is 0. The summed E-state index contributed by atoms with van der Waals surface area (Å²) in [6, 6.07) is 7.13. The predicted octanol–water partition coefficient (Wildman–Crippen LogP) is 4.70. The van der Waals surface area contributed by atoms with Gasteiger partial charge in [-0.1, -0.05) is 42.1 Å². The molecular weight excluding hydrogens is 347 g/mol. The third-order valence-electron chi connectivity index (χ3n) is 3.98. The second-order valence-electron chi connectivity index (χ2n) is 5.86. The molecule has 7 heteroatoms. The van der Waals surface area contributed by atoms with Gasteiger partial charge in [-0.3, -0.25) is 4.79 Å². The van der Waals surface area contributed by atoms with Gasteiger partial charge in [0.05, 0.1) is 15.7 Å². The van der Waals surface area contributed by atoms with E-state index in [1.807, 2.05) is 0 Å². The van der Waals surface area contributed by atoms with E-state index in [0.717, 1.165) is 12.8 Å². The molecule has 1 aliphatic rings. The number of nitrogens with one attached hydrogen (secondary N) is 2. The maximum Gasteiger partial charge on any atom is 0.274 e. The lowest BCUT2D eigenvalue weighted by atomic mass is 10.2. The van der Waals surface area contributed by atoms with Crippen molar-refractivity contribution in [3.05, 3.63) is 45.8 Å². The van der Waals surface area contributed by atoms with E-state index < -0.39 is 0 Å². The summed E-state index contributed by atoms with van der Waals surface area (Å²) < 4.78 is 0. The average molecular weight is 365 g/mol.